The van der Waals surface area contributed by atoms with Gasteiger partial charge >= 0.3 is 6.03 Å². The minimum atomic E-state index is -0.632. The molecule has 2 fully saturated rings. The fourth-order valence-electron chi connectivity index (χ4n) is 2.80. The number of urea groups is 1. The molecule has 6 nitrogen and oxygen atoms in total. The van der Waals surface area contributed by atoms with E-state index in [9.17, 15) is 9.59 Å². The van der Waals surface area contributed by atoms with Gasteiger partial charge in [-0.05, 0) is 5.56 Å². The lowest BCUT2D eigenvalue weighted by Crippen LogP contribution is -2.55. The van der Waals surface area contributed by atoms with E-state index in [1.807, 2.05) is 30.3 Å². The van der Waals surface area contributed by atoms with Crippen molar-refractivity contribution >= 4 is 11.9 Å². The first-order chi connectivity index (χ1) is 9.66. The van der Waals surface area contributed by atoms with E-state index in [-0.39, 0.29) is 18.0 Å². The lowest BCUT2D eigenvalue weighted by molar-refractivity contribution is -0.134. The molecule has 1 aromatic rings. The van der Waals surface area contributed by atoms with Crippen molar-refractivity contribution in [3.05, 3.63) is 35.9 Å². The second-order valence-electron chi connectivity index (χ2n) is 5.21. The molecule has 2 heterocycles. The van der Waals surface area contributed by atoms with Gasteiger partial charge in [0, 0.05) is 26.2 Å². The van der Waals surface area contributed by atoms with Gasteiger partial charge in [-0.25, -0.2) is 4.79 Å². The van der Waals surface area contributed by atoms with Crippen LogP contribution in [0.5, 0.6) is 0 Å². The smallest absolute Gasteiger partial charge is 0.317 e. The molecule has 0 radical (unpaired) electrons. The lowest BCUT2D eigenvalue weighted by Gasteiger charge is -2.37. The Morgan fingerprint density at radius 1 is 1.30 bits per heavy atom. The predicted molar refractivity (Wildman–Crippen MR) is 73.8 cm³/mol. The maximum absolute atomic E-state index is 12.4. The van der Waals surface area contributed by atoms with Gasteiger partial charge in [-0.15, -0.1) is 0 Å². The SMILES string of the molecule is N[C@H](C(=O)N1CCN2C(=O)NCC2C1)c1ccccc1. The molecular formula is C14H18N4O2. The molecule has 1 aromatic carbocycles. The molecular weight excluding hydrogens is 256 g/mol. The van der Waals surface area contributed by atoms with Crippen LogP contribution in [0.25, 0.3) is 0 Å². The standard InChI is InChI=1S/C14H18N4O2/c15-12(10-4-2-1-3-5-10)13(19)17-6-7-18-11(9-17)8-16-14(18)20/h1-5,11-12H,6-9,15H2,(H,16,20)/t11?,12-/m0/s1. The fraction of sp³-hybridized carbons (Fsp3) is 0.429. The highest BCUT2D eigenvalue weighted by Gasteiger charge is 2.37. The number of nitrogens with zero attached hydrogens (tertiary/aromatic N) is 2. The van der Waals surface area contributed by atoms with Gasteiger partial charge in [0.25, 0.3) is 0 Å². The molecule has 2 atom stereocenters. The Balaban J connectivity index is 1.68. The third-order valence-electron chi connectivity index (χ3n) is 3.97. The zero-order valence-electron chi connectivity index (χ0n) is 11.2. The molecule has 2 aliphatic heterocycles. The number of nitrogens with one attached hydrogen (secondary N) is 1. The molecule has 3 rings (SSSR count). The molecule has 0 spiro atoms. The number of nitrogens with two attached hydrogens (primary N) is 1. The molecule has 0 aromatic heterocycles. The van der Waals surface area contributed by atoms with Gasteiger partial charge < -0.3 is 20.9 Å². The van der Waals surface area contributed by atoms with E-state index < -0.39 is 6.04 Å². The van der Waals surface area contributed by atoms with Crippen LogP contribution >= 0.6 is 0 Å². The Kier molecular flexibility index (Phi) is 3.31. The van der Waals surface area contributed by atoms with Crippen LogP contribution in [0.15, 0.2) is 30.3 Å². The second kappa shape index (κ2) is 5.13. The van der Waals surface area contributed by atoms with Crippen molar-refractivity contribution in [3.63, 3.8) is 0 Å². The fourth-order valence-corrected chi connectivity index (χ4v) is 2.80. The first-order valence-electron chi connectivity index (χ1n) is 6.80. The molecule has 6 heteroatoms. The van der Waals surface area contributed by atoms with Crippen molar-refractivity contribution in [1.29, 1.82) is 0 Å². The maximum Gasteiger partial charge on any atom is 0.317 e. The number of amides is 3. The zero-order valence-corrected chi connectivity index (χ0v) is 11.2. The van der Waals surface area contributed by atoms with Crippen LogP contribution in [0.4, 0.5) is 4.79 Å². The minimum Gasteiger partial charge on any atom is -0.337 e. The topological polar surface area (TPSA) is 78.7 Å². The number of carbonyl (C=O) groups is 2. The molecule has 20 heavy (non-hydrogen) atoms. The summed E-state index contributed by atoms with van der Waals surface area (Å²) in [6.45, 7) is 2.27. The number of piperazine rings is 1. The number of hydrogen-bond acceptors (Lipinski definition) is 3. The van der Waals surface area contributed by atoms with E-state index in [0.717, 1.165) is 5.56 Å². The average Bonchev–Trinajstić information content (AvgIpc) is 2.87. The number of hydrogen-bond donors (Lipinski definition) is 2. The predicted octanol–water partition coefficient (Wildman–Crippen LogP) is -0.0776. The van der Waals surface area contributed by atoms with E-state index in [0.29, 0.717) is 26.2 Å². The summed E-state index contributed by atoms with van der Waals surface area (Å²) in [4.78, 5) is 27.5. The van der Waals surface area contributed by atoms with Crippen LogP contribution in [0.3, 0.4) is 0 Å². The van der Waals surface area contributed by atoms with E-state index in [4.69, 9.17) is 5.73 Å². The summed E-state index contributed by atoms with van der Waals surface area (Å²) in [7, 11) is 0. The Hall–Kier alpha value is -2.08. The van der Waals surface area contributed by atoms with Crippen LogP contribution in [-0.2, 0) is 4.79 Å². The van der Waals surface area contributed by atoms with Crippen molar-refractivity contribution in [2.24, 2.45) is 5.73 Å². The van der Waals surface area contributed by atoms with Crippen LogP contribution in [0.2, 0.25) is 0 Å². The van der Waals surface area contributed by atoms with Crippen molar-refractivity contribution in [1.82, 2.24) is 15.1 Å². The van der Waals surface area contributed by atoms with E-state index in [1.165, 1.54) is 0 Å². The van der Waals surface area contributed by atoms with Crippen molar-refractivity contribution in [3.8, 4) is 0 Å². The van der Waals surface area contributed by atoms with Gasteiger partial charge in [0.15, 0.2) is 0 Å². The van der Waals surface area contributed by atoms with E-state index >= 15 is 0 Å². The highest BCUT2D eigenvalue weighted by molar-refractivity contribution is 5.84. The third-order valence-corrected chi connectivity index (χ3v) is 3.97. The van der Waals surface area contributed by atoms with Crippen molar-refractivity contribution < 1.29 is 9.59 Å². The highest BCUT2D eigenvalue weighted by Crippen LogP contribution is 2.18. The first kappa shape index (κ1) is 12.9. The number of benzene rings is 1. The van der Waals surface area contributed by atoms with E-state index in [2.05, 4.69) is 5.32 Å². The van der Waals surface area contributed by atoms with Gasteiger partial charge in [-0.3, -0.25) is 4.79 Å². The Labute approximate surface area is 117 Å². The van der Waals surface area contributed by atoms with Crippen LogP contribution in [0.1, 0.15) is 11.6 Å². The monoisotopic (exact) mass is 274 g/mol. The maximum atomic E-state index is 12.4. The summed E-state index contributed by atoms with van der Waals surface area (Å²) in [5.74, 6) is -0.0739. The molecule has 3 N–H and O–H groups in total. The normalized spacial score (nSPS) is 23.2. The molecule has 3 amide bonds. The first-order valence-corrected chi connectivity index (χ1v) is 6.80. The van der Waals surface area contributed by atoms with Gasteiger partial charge in [-0.1, -0.05) is 30.3 Å². The molecule has 0 saturated carbocycles. The van der Waals surface area contributed by atoms with Crippen LogP contribution in [0, 0.1) is 0 Å². The highest BCUT2D eigenvalue weighted by atomic mass is 16.2. The quantitative estimate of drug-likeness (QED) is 0.792. The Bertz CT molecular complexity index is 519. The van der Waals surface area contributed by atoms with Gasteiger partial charge in [0.2, 0.25) is 5.91 Å². The number of rotatable bonds is 2. The molecule has 106 valence electrons. The second-order valence-corrected chi connectivity index (χ2v) is 5.21. The van der Waals surface area contributed by atoms with Crippen molar-refractivity contribution in [2.45, 2.75) is 12.1 Å². The van der Waals surface area contributed by atoms with Crippen LogP contribution in [-0.4, -0.2) is 54.0 Å². The van der Waals surface area contributed by atoms with Crippen molar-refractivity contribution in [2.75, 3.05) is 26.2 Å². The minimum absolute atomic E-state index is 0.0329. The number of fused-ring (bicyclic) bond motifs is 1. The largest absolute Gasteiger partial charge is 0.337 e. The molecule has 0 bridgehead atoms. The summed E-state index contributed by atoms with van der Waals surface area (Å²) in [6, 6.07) is 8.78. The molecule has 0 aliphatic carbocycles. The summed E-state index contributed by atoms with van der Waals surface area (Å²) in [5.41, 5.74) is 6.87. The zero-order chi connectivity index (χ0) is 14.1. The Morgan fingerprint density at radius 3 is 2.80 bits per heavy atom. The van der Waals surface area contributed by atoms with Gasteiger partial charge in [0.1, 0.15) is 6.04 Å². The summed E-state index contributed by atoms with van der Waals surface area (Å²) < 4.78 is 0. The van der Waals surface area contributed by atoms with Gasteiger partial charge in [-0.2, -0.15) is 0 Å². The number of carbonyl (C=O) groups excluding carboxylic acids is 2. The molecule has 2 saturated heterocycles. The van der Waals surface area contributed by atoms with Gasteiger partial charge in [0.05, 0.1) is 6.04 Å². The Morgan fingerprint density at radius 2 is 2.05 bits per heavy atom. The summed E-state index contributed by atoms with van der Waals surface area (Å²) in [6.07, 6.45) is 0. The lowest BCUT2D eigenvalue weighted by atomic mass is 10.1. The van der Waals surface area contributed by atoms with Crippen LogP contribution < -0.4 is 11.1 Å². The average molecular weight is 274 g/mol. The molecule has 1 unspecified atom stereocenters. The summed E-state index contributed by atoms with van der Waals surface area (Å²) in [5, 5.41) is 2.80. The van der Waals surface area contributed by atoms with E-state index in [1.54, 1.807) is 9.80 Å². The molecule has 2 aliphatic rings. The summed E-state index contributed by atoms with van der Waals surface area (Å²) >= 11 is 0. The third kappa shape index (κ3) is 2.22.